The Morgan fingerprint density at radius 1 is 1.18 bits per heavy atom. The monoisotopic (exact) mass is 352 g/mol. The van der Waals surface area contributed by atoms with Gasteiger partial charge in [-0.3, -0.25) is 4.79 Å². The van der Waals surface area contributed by atoms with Gasteiger partial charge >= 0.3 is 0 Å². The summed E-state index contributed by atoms with van der Waals surface area (Å²) < 4.78 is 0. The molecule has 0 bridgehead atoms. The summed E-state index contributed by atoms with van der Waals surface area (Å²) in [6, 6.07) is 5.10. The first-order chi connectivity index (χ1) is 10.4. The van der Waals surface area contributed by atoms with Crippen LogP contribution in [0.4, 0.5) is 11.6 Å². The molecule has 3 rings (SSSR count). The van der Waals surface area contributed by atoms with Crippen LogP contribution in [0.3, 0.4) is 0 Å². The van der Waals surface area contributed by atoms with E-state index in [1.54, 1.807) is 18.2 Å². The number of rotatable bonds is 2. The molecule has 5 nitrogen and oxygen atoms in total. The third kappa shape index (κ3) is 2.39. The first kappa shape index (κ1) is 15.0. The van der Waals surface area contributed by atoms with Crippen LogP contribution in [0.5, 0.6) is 0 Å². The minimum atomic E-state index is -0.126. The van der Waals surface area contributed by atoms with E-state index in [4.69, 9.17) is 34.7 Å². The van der Waals surface area contributed by atoms with Crippen molar-refractivity contribution in [3.8, 4) is 11.3 Å². The zero-order chi connectivity index (χ0) is 16.0. The molecule has 2 heterocycles. The van der Waals surface area contributed by atoms with Crippen LogP contribution in [-0.2, 0) is 0 Å². The van der Waals surface area contributed by atoms with Gasteiger partial charge < -0.3 is 11.5 Å². The van der Waals surface area contributed by atoms with Crippen molar-refractivity contribution >= 4 is 62.2 Å². The molecular weight excluding hydrogens is 343 g/mol. The molecule has 0 aliphatic rings. The zero-order valence-corrected chi connectivity index (χ0v) is 13.7. The number of aromatic nitrogens is 2. The van der Waals surface area contributed by atoms with E-state index in [9.17, 15) is 4.79 Å². The Hall–Kier alpha value is -1.89. The van der Waals surface area contributed by atoms with Crippen molar-refractivity contribution in [2.24, 2.45) is 0 Å². The van der Waals surface area contributed by atoms with Crippen LogP contribution in [0.15, 0.2) is 18.2 Å². The van der Waals surface area contributed by atoms with Gasteiger partial charge in [-0.15, -0.1) is 11.3 Å². The number of halogens is 2. The van der Waals surface area contributed by atoms with Crippen molar-refractivity contribution in [3.05, 3.63) is 33.1 Å². The normalized spacial score (nSPS) is 11.0. The predicted octanol–water partition coefficient (Wildman–Crippen LogP) is 4.03. The third-order valence-corrected chi connectivity index (χ3v) is 5.06. The first-order valence-electron chi connectivity index (χ1n) is 6.20. The highest BCUT2D eigenvalue weighted by Gasteiger charge is 2.20. The SMILES string of the molecule is CC(=O)c1sc2nc(N)nc(-c3ccc(Cl)c(Cl)c3)c2c1N. The maximum absolute atomic E-state index is 11.7. The van der Waals surface area contributed by atoms with Gasteiger partial charge in [0.15, 0.2) is 5.78 Å². The van der Waals surface area contributed by atoms with Crippen LogP contribution in [0.1, 0.15) is 16.6 Å². The molecule has 0 fully saturated rings. The molecule has 0 spiro atoms. The number of nitrogens with zero attached hydrogens (tertiary/aromatic N) is 2. The maximum Gasteiger partial charge on any atom is 0.221 e. The number of fused-ring (bicyclic) bond motifs is 1. The summed E-state index contributed by atoms with van der Waals surface area (Å²) in [6.45, 7) is 1.46. The summed E-state index contributed by atoms with van der Waals surface area (Å²) in [5, 5.41) is 1.43. The van der Waals surface area contributed by atoms with Gasteiger partial charge in [-0.1, -0.05) is 29.3 Å². The Morgan fingerprint density at radius 2 is 1.91 bits per heavy atom. The summed E-state index contributed by atoms with van der Waals surface area (Å²) in [6.07, 6.45) is 0. The molecule has 0 aliphatic carbocycles. The quantitative estimate of drug-likeness (QED) is 0.678. The summed E-state index contributed by atoms with van der Waals surface area (Å²) in [5.74, 6) is -0.0240. The van der Waals surface area contributed by atoms with E-state index in [1.807, 2.05) is 0 Å². The smallest absolute Gasteiger partial charge is 0.221 e. The fraction of sp³-hybridized carbons (Fsp3) is 0.0714. The molecular formula is C14H10Cl2N4OS. The Morgan fingerprint density at radius 3 is 2.55 bits per heavy atom. The summed E-state index contributed by atoms with van der Waals surface area (Å²) in [5.41, 5.74) is 13.5. The number of thiophene rings is 1. The number of Topliss-reactive ketones (excluding diaryl/α,β-unsaturated/α-hetero) is 1. The second-order valence-electron chi connectivity index (χ2n) is 4.64. The lowest BCUT2D eigenvalue weighted by Crippen LogP contribution is -1.99. The number of hydrogen-bond donors (Lipinski definition) is 2. The first-order valence-corrected chi connectivity index (χ1v) is 7.77. The van der Waals surface area contributed by atoms with Crippen molar-refractivity contribution < 1.29 is 4.79 Å². The lowest BCUT2D eigenvalue weighted by atomic mass is 10.1. The van der Waals surface area contributed by atoms with Gasteiger partial charge in [0.05, 0.1) is 31.7 Å². The van der Waals surface area contributed by atoms with Gasteiger partial charge in [-0.05, 0) is 12.1 Å². The van der Waals surface area contributed by atoms with E-state index < -0.39 is 0 Å². The lowest BCUT2D eigenvalue weighted by molar-refractivity contribution is 0.102. The van der Waals surface area contributed by atoms with E-state index in [-0.39, 0.29) is 11.7 Å². The summed E-state index contributed by atoms with van der Waals surface area (Å²) in [7, 11) is 0. The van der Waals surface area contributed by atoms with Crippen molar-refractivity contribution in [1.82, 2.24) is 9.97 Å². The van der Waals surface area contributed by atoms with E-state index in [1.165, 1.54) is 18.3 Å². The van der Waals surface area contributed by atoms with E-state index in [0.29, 0.717) is 42.1 Å². The van der Waals surface area contributed by atoms with Crippen molar-refractivity contribution in [2.45, 2.75) is 6.92 Å². The lowest BCUT2D eigenvalue weighted by Gasteiger charge is -2.06. The number of carbonyl (C=O) groups is 1. The van der Waals surface area contributed by atoms with Crippen LogP contribution in [0.25, 0.3) is 21.5 Å². The fourth-order valence-corrected chi connectivity index (χ4v) is 3.45. The number of carbonyl (C=O) groups excluding carboxylic acids is 1. The van der Waals surface area contributed by atoms with Crippen LogP contribution < -0.4 is 11.5 Å². The Bertz CT molecular complexity index is 923. The second-order valence-corrected chi connectivity index (χ2v) is 6.45. The topological polar surface area (TPSA) is 94.9 Å². The standard InChI is InChI=1S/C14H10Cl2N4OS/c1-5(21)12-10(17)9-11(19-14(18)20-13(9)22-12)6-2-3-7(15)8(16)4-6/h2-4H,17H2,1H3,(H2,18,19,20). The largest absolute Gasteiger partial charge is 0.397 e. The molecule has 0 atom stereocenters. The average Bonchev–Trinajstić information content (AvgIpc) is 2.78. The Kier molecular flexibility index (Phi) is 3.68. The predicted molar refractivity (Wildman–Crippen MR) is 91.7 cm³/mol. The molecule has 0 amide bonds. The molecule has 2 aromatic heterocycles. The molecule has 3 aromatic rings. The Labute approximate surface area is 139 Å². The molecule has 1 aromatic carbocycles. The highest BCUT2D eigenvalue weighted by molar-refractivity contribution is 7.21. The molecule has 0 saturated carbocycles. The van der Waals surface area contributed by atoms with Crippen molar-refractivity contribution in [1.29, 1.82) is 0 Å². The third-order valence-electron chi connectivity index (χ3n) is 3.12. The van der Waals surface area contributed by atoms with Gasteiger partial charge in [0.2, 0.25) is 5.95 Å². The molecule has 8 heteroatoms. The van der Waals surface area contributed by atoms with E-state index >= 15 is 0 Å². The van der Waals surface area contributed by atoms with Crippen LogP contribution >= 0.6 is 34.5 Å². The highest BCUT2D eigenvalue weighted by atomic mass is 35.5. The van der Waals surface area contributed by atoms with Gasteiger partial charge in [0.25, 0.3) is 0 Å². The number of anilines is 2. The summed E-state index contributed by atoms with van der Waals surface area (Å²) >= 11 is 13.2. The van der Waals surface area contributed by atoms with Gasteiger partial charge in [-0.2, -0.15) is 0 Å². The van der Waals surface area contributed by atoms with E-state index in [2.05, 4.69) is 9.97 Å². The van der Waals surface area contributed by atoms with Gasteiger partial charge in [0, 0.05) is 12.5 Å². The average molecular weight is 353 g/mol. The fourth-order valence-electron chi connectivity index (χ4n) is 2.15. The molecule has 22 heavy (non-hydrogen) atoms. The van der Waals surface area contributed by atoms with E-state index in [0.717, 1.165) is 0 Å². The number of hydrogen-bond acceptors (Lipinski definition) is 6. The van der Waals surface area contributed by atoms with Crippen LogP contribution in [-0.4, -0.2) is 15.8 Å². The van der Waals surface area contributed by atoms with Gasteiger partial charge in [0.1, 0.15) is 4.83 Å². The van der Waals surface area contributed by atoms with Gasteiger partial charge in [-0.25, -0.2) is 9.97 Å². The van der Waals surface area contributed by atoms with Crippen LogP contribution in [0, 0.1) is 0 Å². The van der Waals surface area contributed by atoms with Crippen molar-refractivity contribution in [2.75, 3.05) is 11.5 Å². The number of nitrogens with two attached hydrogens (primary N) is 2. The minimum absolute atomic E-state index is 0.102. The minimum Gasteiger partial charge on any atom is -0.397 e. The molecule has 0 radical (unpaired) electrons. The Balaban J connectivity index is 2.37. The summed E-state index contributed by atoms with van der Waals surface area (Å²) in [4.78, 5) is 21.1. The number of ketones is 1. The second kappa shape index (κ2) is 5.39. The highest BCUT2D eigenvalue weighted by Crippen LogP contribution is 2.39. The maximum atomic E-state index is 11.7. The number of benzene rings is 1. The molecule has 0 saturated heterocycles. The molecule has 112 valence electrons. The zero-order valence-electron chi connectivity index (χ0n) is 11.4. The molecule has 0 aliphatic heterocycles. The molecule has 0 unspecified atom stereocenters. The number of nitrogen functional groups attached to an aromatic ring is 2. The van der Waals surface area contributed by atoms with Crippen LogP contribution in [0.2, 0.25) is 10.0 Å². The molecule has 4 N–H and O–H groups in total. The van der Waals surface area contributed by atoms with Crippen molar-refractivity contribution in [3.63, 3.8) is 0 Å².